The lowest BCUT2D eigenvalue weighted by atomic mass is 9.88. The zero-order valence-corrected chi connectivity index (χ0v) is 7.21. The maximum absolute atomic E-state index is 11.0. The van der Waals surface area contributed by atoms with Crippen LogP contribution in [0.2, 0.25) is 0 Å². The minimum absolute atomic E-state index is 0.464. The SMILES string of the molecule is NS(=O)(=O)C1Cc2ccccc21. The summed E-state index contributed by atoms with van der Waals surface area (Å²) in [5.74, 6) is 0. The third-order valence-corrected chi connectivity index (χ3v) is 3.42. The van der Waals surface area contributed by atoms with Crippen molar-refractivity contribution >= 4 is 10.0 Å². The molecule has 1 aliphatic rings. The van der Waals surface area contributed by atoms with Crippen LogP contribution in [0.5, 0.6) is 0 Å². The summed E-state index contributed by atoms with van der Waals surface area (Å²) in [5.41, 5.74) is 1.96. The maximum Gasteiger partial charge on any atom is 0.216 e. The monoisotopic (exact) mass is 183 g/mol. The van der Waals surface area contributed by atoms with E-state index in [1.54, 1.807) is 0 Å². The first kappa shape index (κ1) is 7.76. The standard InChI is InChI=1S/C8H9NO2S/c9-12(10,11)8-5-6-3-1-2-4-7(6)8/h1-4,8H,5H2,(H2,9,10,11). The largest absolute Gasteiger partial charge is 0.228 e. The van der Waals surface area contributed by atoms with Crippen molar-refractivity contribution in [3.63, 3.8) is 0 Å². The van der Waals surface area contributed by atoms with E-state index in [-0.39, 0.29) is 0 Å². The first-order valence-corrected chi connectivity index (χ1v) is 5.29. The van der Waals surface area contributed by atoms with Gasteiger partial charge < -0.3 is 0 Å². The van der Waals surface area contributed by atoms with Gasteiger partial charge in [0, 0.05) is 0 Å². The van der Waals surface area contributed by atoms with Crippen molar-refractivity contribution in [2.45, 2.75) is 11.7 Å². The molecule has 0 bridgehead atoms. The summed E-state index contributed by atoms with van der Waals surface area (Å²) < 4.78 is 21.9. The number of hydrogen-bond donors (Lipinski definition) is 1. The average Bonchev–Trinajstić information content (AvgIpc) is 1.88. The maximum atomic E-state index is 11.0. The van der Waals surface area contributed by atoms with Crippen molar-refractivity contribution < 1.29 is 8.42 Å². The van der Waals surface area contributed by atoms with E-state index < -0.39 is 15.3 Å². The highest BCUT2D eigenvalue weighted by atomic mass is 32.2. The highest BCUT2D eigenvalue weighted by Gasteiger charge is 2.33. The topological polar surface area (TPSA) is 60.2 Å². The van der Waals surface area contributed by atoms with Crippen LogP contribution < -0.4 is 5.14 Å². The quantitative estimate of drug-likeness (QED) is 0.692. The van der Waals surface area contributed by atoms with Crippen molar-refractivity contribution in [1.29, 1.82) is 0 Å². The Hall–Kier alpha value is -0.870. The van der Waals surface area contributed by atoms with Crippen LogP contribution in [0.25, 0.3) is 0 Å². The normalized spacial score (nSPS) is 21.2. The second-order valence-electron chi connectivity index (χ2n) is 2.98. The molecule has 0 radical (unpaired) electrons. The van der Waals surface area contributed by atoms with Gasteiger partial charge in [-0.05, 0) is 17.5 Å². The number of fused-ring (bicyclic) bond motifs is 1. The van der Waals surface area contributed by atoms with E-state index in [4.69, 9.17) is 5.14 Å². The molecule has 0 fully saturated rings. The van der Waals surface area contributed by atoms with Crippen LogP contribution in [0.4, 0.5) is 0 Å². The molecule has 0 saturated carbocycles. The van der Waals surface area contributed by atoms with Gasteiger partial charge in [0.1, 0.15) is 5.25 Å². The number of primary sulfonamides is 1. The number of rotatable bonds is 1. The van der Waals surface area contributed by atoms with Gasteiger partial charge in [-0.15, -0.1) is 0 Å². The third kappa shape index (κ3) is 1.04. The van der Waals surface area contributed by atoms with E-state index in [0.717, 1.165) is 11.1 Å². The minimum Gasteiger partial charge on any atom is -0.228 e. The van der Waals surface area contributed by atoms with Crippen molar-refractivity contribution in [2.75, 3.05) is 0 Å². The molecule has 1 aromatic rings. The molecule has 2 N–H and O–H groups in total. The van der Waals surface area contributed by atoms with E-state index in [2.05, 4.69) is 0 Å². The summed E-state index contributed by atoms with van der Waals surface area (Å²) in [6.45, 7) is 0. The molecule has 1 atom stereocenters. The minimum atomic E-state index is -3.38. The third-order valence-electron chi connectivity index (χ3n) is 2.20. The zero-order chi connectivity index (χ0) is 8.77. The number of hydrogen-bond acceptors (Lipinski definition) is 2. The van der Waals surface area contributed by atoms with Crippen LogP contribution in [-0.2, 0) is 16.4 Å². The molecule has 64 valence electrons. The van der Waals surface area contributed by atoms with Crippen LogP contribution in [-0.4, -0.2) is 8.42 Å². The van der Waals surface area contributed by atoms with Crippen LogP contribution in [0.1, 0.15) is 16.4 Å². The van der Waals surface area contributed by atoms with Gasteiger partial charge in [0.05, 0.1) is 0 Å². The molecule has 1 unspecified atom stereocenters. The Labute approximate surface area is 71.3 Å². The Kier molecular flexibility index (Phi) is 1.49. The Morgan fingerprint density at radius 3 is 2.58 bits per heavy atom. The van der Waals surface area contributed by atoms with Gasteiger partial charge in [0.15, 0.2) is 0 Å². The molecule has 0 heterocycles. The van der Waals surface area contributed by atoms with E-state index >= 15 is 0 Å². The molecule has 0 spiro atoms. The molecular weight excluding hydrogens is 174 g/mol. The summed E-state index contributed by atoms with van der Waals surface area (Å²) in [4.78, 5) is 0. The van der Waals surface area contributed by atoms with Crippen molar-refractivity contribution in [1.82, 2.24) is 0 Å². The van der Waals surface area contributed by atoms with Crippen molar-refractivity contribution in [3.05, 3.63) is 35.4 Å². The molecule has 1 aromatic carbocycles. The molecule has 0 amide bonds. The molecule has 2 rings (SSSR count). The van der Waals surface area contributed by atoms with Gasteiger partial charge in [0.25, 0.3) is 0 Å². The zero-order valence-electron chi connectivity index (χ0n) is 6.40. The summed E-state index contributed by atoms with van der Waals surface area (Å²) in [6.07, 6.45) is 0.564. The number of nitrogens with two attached hydrogens (primary N) is 1. The lowest BCUT2D eigenvalue weighted by Gasteiger charge is -2.27. The predicted octanol–water partition coefficient (Wildman–Crippen LogP) is 0.572. The Morgan fingerprint density at radius 1 is 1.33 bits per heavy atom. The highest BCUT2D eigenvalue weighted by Crippen LogP contribution is 2.37. The Morgan fingerprint density at radius 2 is 2.00 bits per heavy atom. The first-order chi connectivity index (χ1) is 5.59. The summed E-state index contributed by atoms with van der Waals surface area (Å²) in [6, 6.07) is 7.47. The summed E-state index contributed by atoms with van der Waals surface area (Å²) >= 11 is 0. The van der Waals surface area contributed by atoms with Gasteiger partial charge in [-0.1, -0.05) is 24.3 Å². The van der Waals surface area contributed by atoms with Crippen molar-refractivity contribution in [2.24, 2.45) is 5.14 Å². The van der Waals surface area contributed by atoms with Crippen LogP contribution in [0.3, 0.4) is 0 Å². The lowest BCUT2D eigenvalue weighted by molar-refractivity contribution is 0.573. The van der Waals surface area contributed by atoms with E-state index in [0.29, 0.717) is 6.42 Å². The molecule has 3 nitrogen and oxygen atoms in total. The predicted molar refractivity (Wildman–Crippen MR) is 46.0 cm³/mol. The fourth-order valence-electron chi connectivity index (χ4n) is 1.51. The lowest BCUT2D eigenvalue weighted by Crippen LogP contribution is -2.30. The summed E-state index contributed by atoms with van der Waals surface area (Å²) in [7, 11) is -3.38. The second kappa shape index (κ2) is 2.31. The Balaban J connectivity index is 2.44. The van der Waals surface area contributed by atoms with E-state index in [1.165, 1.54) is 0 Å². The van der Waals surface area contributed by atoms with Gasteiger partial charge in [-0.25, -0.2) is 13.6 Å². The van der Waals surface area contributed by atoms with Gasteiger partial charge in [-0.3, -0.25) is 0 Å². The number of sulfonamides is 1. The van der Waals surface area contributed by atoms with Crippen LogP contribution in [0, 0.1) is 0 Å². The fourth-order valence-corrected chi connectivity index (χ4v) is 2.50. The van der Waals surface area contributed by atoms with Gasteiger partial charge >= 0.3 is 0 Å². The molecular formula is C8H9NO2S. The molecule has 0 aromatic heterocycles. The smallest absolute Gasteiger partial charge is 0.216 e. The first-order valence-electron chi connectivity index (χ1n) is 3.68. The molecule has 4 heteroatoms. The summed E-state index contributed by atoms with van der Waals surface area (Å²) in [5, 5.41) is 4.56. The van der Waals surface area contributed by atoms with E-state index in [1.807, 2.05) is 24.3 Å². The fraction of sp³-hybridized carbons (Fsp3) is 0.250. The average molecular weight is 183 g/mol. The van der Waals surface area contributed by atoms with E-state index in [9.17, 15) is 8.42 Å². The molecule has 0 saturated heterocycles. The van der Waals surface area contributed by atoms with Gasteiger partial charge in [-0.2, -0.15) is 0 Å². The molecule has 0 aliphatic heterocycles. The number of benzene rings is 1. The van der Waals surface area contributed by atoms with Crippen molar-refractivity contribution in [3.8, 4) is 0 Å². The van der Waals surface area contributed by atoms with Crippen LogP contribution >= 0.6 is 0 Å². The molecule has 1 aliphatic carbocycles. The Bertz CT molecular complexity index is 411. The van der Waals surface area contributed by atoms with Gasteiger partial charge in [0.2, 0.25) is 10.0 Å². The van der Waals surface area contributed by atoms with Crippen LogP contribution in [0.15, 0.2) is 24.3 Å². The second-order valence-corrected chi connectivity index (χ2v) is 4.73. The highest BCUT2D eigenvalue weighted by molar-refractivity contribution is 7.89. The molecule has 12 heavy (non-hydrogen) atoms.